The Morgan fingerprint density at radius 1 is 0.609 bits per heavy atom. The SMILES string of the molecule is CC(C)(C)c1ccc(-c2c3ccccc3c(-c3ccc(C(C)(C)C)cc3)c3ccccc23)cc1.O=S(=O)(O)C(F)C(F)(F)CCO. The van der Waals surface area contributed by atoms with Gasteiger partial charge in [0, 0.05) is 13.0 Å². The lowest BCUT2D eigenvalue weighted by Gasteiger charge is -2.22. The summed E-state index contributed by atoms with van der Waals surface area (Å²) in [6.45, 7) is 12.6. The van der Waals surface area contributed by atoms with Crippen LogP contribution in [0, 0.1) is 0 Å². The van der Waals surface area contributed by atoms with Crippen LogP contribution in [0.15, 0.2) is 97.1 Å². The Morgan fingerprint density at radius 2 is 0.913 bits per heavy atom. The Bertz CT molecular complexity index is 1750. The van der Waals surface area contributed by atoms with Gasteiger partial charge in [0.2, 0.25) is 0 Å². The van der Waals surface area contributed by atoms with Crippen LogP contribution in [0.25, 0.3) is 43.8 Å². The van der Waals surface area contributed by atoms with Gasteiger partial charge in [-0.25, -0.2) is 13.2 Å². The summed E-state index contributed by atoms with van der Waals surface area (Å²) in [4.78, 5) is 0. The second-order valence-electron chi connectivity index (χ2n) is 13.6. The Kier molecular flexibility index (Phi) is 10.1. The van der Waals surface area contributed by atoms with Gasteiger partial charge in [0.1, 0.15) is 0 Å². The van der Waals surface area contributed by atoms with E-state index in [-0.39, 0.29) is 10.8 Å². The molecule has 0 saturated carbocycles. The third kappa shape index (κ3) is 7.63. The van der Waals surface area contributed by atoms with Crippen LogP contribution in [0.5, 0.6) is 0 Å². The van der Waals surface area contributed by atoms with Crippen molar-refractivity contribution in [2.45, 2.75) is 70.2 Å². The first-order chi connectivity index (χ1) is 21.4. The van der Waals surface area contributed by atoms with Crippen LogP contribution >= 0.6 is 0 Å². The maximum Gasteiger partial charge on any atom is 0.303 e. The number of alkyl halides is 3. The summed E-state index contributed by atoms with van der Waals surface area (Å²) in [5, 5.41) is 13.2. The highest BCUT2D eigenvalue weighted by molar-refractivity contribution is 7.86. The summed E-state index contributed by atoms with van der Waals surface area (Å²) in [5.74, 6) is -4.26. The normalized spacial score (nSPS) is 13.4. The van der Waals surface area contributed by atoms with Crippen LogP contribution in [-0.2, 0) is 20.9 Å². The molecule has 46 heavy (non-hydrogen) atoms. The van der Waals surface area contributed by atoms with Gasteiger partial charge in [-0.3, -0.25) is 4.55 Å². The van der Waals surface area contributed by atoms with E-state index in [0.29, 0.717) is 0 Å². The fourth-order valence-electron chi connectivity index (χ4n) is 5.50. The zero-order valence-electron chi connectivity index (χ0n) is 27.0. The molecule has 5 aromatic rings. The second kappa shape index (κ2) is 13.2. The first kappa shape index (κ1) is 35.1. The van der Waals surface area contributed by atoms with Crippen LogP contribution in [-0.4, -0.2) is 36.1 Å². The predicted molar refractivity (Wildman–Crippen MR) is 183 cm³/mol. The highest BCUT2D eigenvalue weighted by atomic mass is 32.2. The highest BCUT2D eigenvalue weighted by Crippen LogP contribution is 2.44. The quantitative estimate of drug-likeness (QED) is 0.142. The van der Waals surface area contributed by atoms with Gasteiger partial charge in [0.05, 0.1) is 0 Å². The van der Waals surface area contributed by atoms with Crippen molar-refractivity contribution in [1.29, 1.82) is 0 Å². The van der Waals surface area contributed by atoms with Crippen molar-refractivity contribution in [2.75, 3.05) is 6.61 Å². The average Bonchev–Trinajstić information content (AvgIpc) is 2.98. The lowest BCUT2D eigenvalue weighted by atomic mass is 9.82. The summed E-state index contributed by atoms with van der Waals surface area (Å²) in [6.07, 6.45) is -1.35. The topological polar surface area (TPSA) is 74.6 Å². The number of fused-ring (bicyclic) bond motifs is 2. The minimum atomic E-state index is -5.41. The molecule has 2 N–H and O–H groups in total. The minimum Gasteiger partial charge on any atom is -0.396 e. The third-order valence-corrected chi connectivity index (χ3v) is 8.92. The molecule has 4 nitrogen and oxygen atoms in total. The van der Waals surface area contributed by atoms with Crippen LogP contribution in [0.3, 0.4) is 0 Å². The van der Waals surface area contributed by atoms with E-state index in [2.05, 4.69) is 139 Å². The van der Waals surface area contributed by atoms with Crippen LogP contribution in [0.1, 0.15) is 59.1 Å². The molecule has 0 aromatic heterocycles. The number of benzene rings is 5. The van der Waals surface area contributed by atoms with Gasteiger partial charge in [-0.1, -0.05) is 139 Å². The van der Waals surface area contributed by atoms with Crippen LogP contribution < -0.4 is 0 Å². The minimum absolute atomic E-state index is 0.145. The van der Waals surface area contributed by atoms with Crippen molar-refractivity contribution in [2.24, 2.45) is 0 Å². The maximum atomic E-state index is 12.2. The fourth-order valence-corrected chi connectivity index (χ4v) is 6.06. The molecule has 0 heterocycles. The van der Waals surface area contributed by atoms with E-state index >= 15 is 0 Å². The van der Waals surface area contributed by atoms with Crippen molar-refractivity contribution in [3.8, 4) is 22.3 Å². The number of hydrogen-bond donors (Lipinski definition) is 2. The highest BCUT2D eigenvalue weighted by Gasteiger charge is 2.47. The fraction of sp³-hybridized carbons (Fsp3) is 0.316. The first-order valence-corrected chi connectivity index (χ1v) is 16.6. The van der Waals surface area contributed by atoms with Gasteiger partial charge in [-0.2, -0.15) is 8.42 Å². The largest absolute Gasteiger partial charge is 0.396 e. The molecule has 0 aliphatic carbocycles. The van der Waals surface area contributed by atoms with Gasteiger partial charge in [-0.05, 0) is 65.8 Å². The van der Waals surface area contributed by atoms with Crippen molar-refractivity contribution in [3.63, 3.8) is 0 Å². The van der Waals surface area contributed by atoms with E-state index in [1.807, 2.05) is 0 Å². The number of aliphatic hydroxyl groups is 1. The molecule has 5 rings (SSSR count). The van der Waals surface area contributed by atoms with E-state index < -0.39 is 34.6 Å². The van der Waals surface area contributed by atoms with Gasteiger partial charge < -0.3 is 5.11 Å². The van der Waals surface area contributed by atoms with Gasteiger partial charge in [0.25, 0.3) is 11.4 Å². The number of hydrogen-bond acceptors (Lipinski definition) is 3. The summed E-state index contributed by atoms with van der Waals surface area (Å²) in [6, 6.07) is 36.1. The summed E-state index contributed by atoms with van der Waals surface area (Å²) in [5.41, 5.74) is 4.52. The molecule has 8 heteroatoms. The molecule has 0 aliphatic rings. The zero-order chi connectivity index (χ0) is 34.1. The molecular weight excluding hydrogens is 609 g/mol. The van der Waals surface area contributed by atoms with Crippen LogP contribution in [0.4, 0.5) is 13.2 Å². The van der Waals surface area contributed by atoms with E-state index in [1.54, 1.807) is 0 Å². The molecular formula is C38H41F3O4S. The van der Waals surface area contributed by atoms with E-state index in [4.69, 9.17) is 9.66 Å². The Balaban J connectivity index is 0.000000342. The standard InChI is InChI=1S/C34H34.C4H7F3O4S/c1-33(2,3)25-19-15-23(16-20-25)31-27-11-7-9-13-29(27)32(30-14-10-8-12-28(30)31)24-17-21-26(22-18-24)34(4,5)6;5-3(12(9,10)11)4(6,7)1-2-8/h7-22H,1-6H3;3,8H,1-2H2,(H,9,10,11). The molecule has 1 unspecified atom stereocenters. The van der Waals surface area contributed by atoms with Crippen LogP contribution in [0.2, 0.25) is 0 Å². The zero-order valence-corrected chi connectivity index (χ0v) is 27.8. The van der Waals surface area contributed by atoms with Gasteiger partial charge in [-0.15, -0.1) is 0 Å². The molecule has 244 valence electrons. The van der Waals surface area contributed by atoms with E-state index in [9.17, 15) is 21.6 Å². The molecule has 0 fully saturated rings. The van der Waals surface area contributed by atoms with Crippen molar-refractivity contribution < 1.29 is 31.2 Å². The summed E-state index contributed by atoms with van der Waals surface area (Å²) >= 11 is 0. The monoisotopic (exact) mass is 650 g/mol. The molecule has 0 radical (unpaired) electrons. The molecule has 5 aromatic carbocycles. The average molecular weight is 651 g/mol. The molecule has 0 amide bonds. The maximum absolute atomic E-state index is 12.2. The van der Waals surface area contributed by atoms with E-state index in [0.717, 1.165) is 0 Å². The molecule has 0 saturated heterocycles. The van der Waals surface area contributed by atoms with Gasteiger partial charge in [0.15, 0.2) is 0 Å². The Morgan fingerprint density at radius 3 is 1.15 bits per heavy atom. The van der Waals surface area contributed by atoms with E-state index in [1.165, 1.54) is 54.9 Å². The predicted octanol–water partition coefficient (Wildman–Crippen LogP) is 10.1. The number of aliphatic hydroxyl groups excluding tert-OH is 1. The van der Waals surface area contributed by atoms with Crippen molar-refractivity contribution >= 4 is 31.7 Å². The smallest absolute Gasteiger partial charge is 0.303 e. The molecule has 0 bridgehead atoms. The lowest BCUT2D eigenvalue weighted by Crippen LogP contribution is -2.37. The van der Waals surface area contributed by atoms with Gasteiger partial charge >= 0.3 is 10.1 Å². The second-order valence-corrected chi connectivity index (χ2v) is 15.0. The molecule has 0 aliphatic heterocycles. The number of rotatable bonds is 6. The molecule has 1 atom stereocenters. The first-order valence-electron chi connectivity index (χ1n) is 15.1. The Hall–Kier alpha value is -3.72. The third-order valence-electron chi connectivity index (χ3n) is 8.05. The molecule has 0 spiro atoms. The summed E-state index contributed by atoms with van der Waals surface area (Å²) < 4.78 is 64.3. The van der Waals surface area contributed by atoms with Crippen molar-refractivity contribution in [3.05, 3.63) is 108 Å². The Labute approximate surface area is 269 Å². The van der Waals surface area contributed by atoms with Crippen molar-refractivity contribution in [1.82, 2.24) is 0 Å². The lowest BCUT2D eigenvalue weighted by molar-refractivity contribution is -0.0597. The number of halogens is 3. The summed E-state index contributed by atoms with van der Waals surface area (Å²) in [7, 11) is -5.41.